The molecule has 0 aliphatic carbocycles. The third-order valence-electron chi connectivity index (χ3n) is 2.93. The van der Waals surface area contributed by atoms with Crippen LogP contribution in [0.2, 0.25) is 0 Å². The van der Waals surface area contributed by atoms with Gasteiger partial charge in [-0.3, -0.25) is 4.79 Å². The molecule has 16 heavy (non-hydrogen) atoms. The Labute approximate surface area is 95.2 Å². The van der Waals surface area contributed by atoms with Gasteiger partial charge in [-0.1, -0.05) is 0 Å². The van der Waals surface area contributed by atoms with Crippen LogP contribution in [0, 0.1) is 5.92 Å². The average Bonchev–Trinajstić information content (AvgIpc) is 2.80. The molecule has 1 aliphatic rings. The molecule has 0 saturated carbocycles. The third kappa shape index (κ3) is 2.73. The fourth-order valence-electron chi connectivity index (χ4n) is 1.90. The van der Waals surface area contributed by atoms with Gasteiger partial charge in [0.25, 0.3) is 0 Å². The largest absolute Gasteiger partial charge is 0.385 e. The first-order chi connectivity index (χ1) is 7.75. The van der Waals surface area contributed by atoms with Crippen LogP contribution in [-0.4, -0.2) is 25.5 Å². The number of carbonyl (C=O) groups is 1. The first-order valence-corrected chi connectivity index (χ1v) is 5.60. The lowest BCUT2D eigenvalue weighted by molar-refractivity contribution is 0.100. The van der Waals surface area contributed by atoms with Crippen molar-refractivity contribution in [3.05, 3.63) is 29.8 Å². The molecule has 1 saturated heterocycles. The second-order valence-corrected chi connectivity index (χ2v) is 4.18. The van der Waals surface area contributed by atoms with Gasteiger partial charge in [-0.25, -0.2) is 0 Å². The van der Waals surface area contributed by atoms with Gasteiger partial charge < -0.3 is 16.4 Å². The predicted molar refractivity (Wildman–Crippen MR) is 64.4 cm³/mol. The van der Waals surface area contributed by atoms with Gasteiger partial charge in [-0.15, -0.1) is 0 Å². The summed E-state index contributed by atoms with van der Waals surface area (Å²) in [5.74, 6) is 0.322. The molecule has 0 aromatic heterocycles. The Balaban J connectivity index is 1.87. The number of rotatable bonds is 4. The second kappa shape index (κ2) is 4.99. The summed E-state index contributed by atoms with van der Waals surface area (Å²) in [6.45, 7) is 3.18. The molecular weight excluding hydrogens is 202 g/mol. The van der Waals surface area contributed by atoms with E-state index in [4.69, 9.17) is 5.73 Å². The molecule has 1 fully saturated rings. The van der Waals surface area contributed by atoms with Gasteiger partial charge in [-0.05, 0) is 49.7 Å². The van der Waals surface area contributed by atoms with E-state index in [9.17, 15) is 4.79 Å². The summed E-state index contributed by atoms with van der Waals surface area (Å²) in [5.41, 5.74) is 6.76. The number of hydrogen-bond donors (Lipinski definition) is 3. The number of nitrogens with two attached hydrogens (primary N) is 1. The summed E-state index contributed by atoms with van der Waals surface area (Å²) < 4.78 is 0. The lowest BCUT2D eigenvalue weighted by Gasteiger charge is -2.11. The van der Waals surface area contributed by atoms with Gasteiger partial charge in [0.05, 0.1) is 0 Å². The Bertz CT molecular complexity index is 355. The van der Waals surface area contributed by atoms with Crippen molar-refractivity contribution in [2.45, 2.75) is 6.42 Å². The minimum Gasteiger partial charge on any atom is -0.385 e. The number of carbonyl (C=O) groups excluding carboxylic acids is 1. The van der Waals surface area contributed by atoms with Crippen LogP contribution in [0.15, 0.2) is 24.3 Å². The Kier molecular flexibility index (Phi) is 3.41. The predicted octanol–water partition coefficient (Wildman–Crippen LogP) is 0.807. The van der Waals surface area contributed by atoms with Gasteiger partial charge in [0.15, 0.2) is 0 Å². The van der Waals surface area contributed by atoms with Crippen LogP contribution in [0.3, 0.4) is 0 Å². The Morgan fingerprint density at radius 1 is 1.44 bits per heavy atom. The highest BCUT2D eigenvalue weighted by atomic mass is 16.1. The zero-order chi connectivity index (χ0) is 11.4. The van der Waals surface area contributed by atoms with Crippen LogP contribution in [0.5, 0.6) is 0 Å². The fourth-order valence-corrected chi connectivity index (χ4v) is 1.90. The maximum atomic E-state index is 10.9. The number of anilines is 1. The first kappa shape index (κ1) is 11.0. The van der Waals surface area contributed by atoms with Crippen molar-refractivity contribution >= 4 is 11.6 Å². The molecule has 1 heterocycles. The smallest absolute Gasteiger partial charge is 0.248 e. The van der Waals surface area contributed by atoms with Crippen LogP contribution < -0.4 is 16.4 Å². The molecule has 1 aliphatic heterocycles. The number of hydrogen-bond acceptors (Lipinski definition) is 3. The quantitative estimate of drug-likeness (QED) is 0.702. The molecule has 1 unspecified atom stereocenters. The van der Waals surface area contributed by atoms with Crippen molar-refractivity contribution in [2.24, 2.45) is 11.7 Å². The van der Waals surface area contributed by atoms with Crippen molar-refractivity contribution in [3.63, 3.8) is 0 Å². The molecule has 4 heteroatoms. The maximum absolute atomic E-state index is 10.9. The molecule has 86 valence electrons. The van der Waals surface area contributed by atoms with E-state index in [1.807, 2.05) is 12.1 Å². The van der Waals surface area contributed by atoms with E-state index in [1.54, 1.807) is 12.1 Å². The highest BCUT2D eigenvalue weighted by Crippen LogP contribution is 2.12. The number of primary amides is 1. The van der Waals surface area contributed by atoms with E-state index in [0.717, 1.165) is 25.3 Å². The van der Waals surface area contributed by atoms with E-state index in [1.165, 1.54) is 6.42 Å². The molecule has 0 bridgehead atoms. The van der Waals surface area contributed by atoms with Gasteiger partial charge in [0, 0.05) is 17.8 Å². The lowest BCUT2D eigenvalue weighted by atomic mass is 10.1. The summed E-state index contributed by atoms with van der Waals surface area (Å²) in [7, 11) is 0. The molecule has 4 N–H and O–H groups in total. The summed E-state index contributed by atoms with van der Waals surface area (Å²) in [6.07, 6.45) is 1.23. The van der Waals surface area contributed by atoms with E-state index in [0.29, 0.717) is 11.5 Å². The molecule has 1 aromatic rings. The highest BCUT2D eigenvalue weighted by molar-refractivity contribution is 5.93. The van der Waals surface area contributed by atoms with Crippen molar-refractivity contribution in [1.82, 2.24) is 5.32 Å². The summed E-state index contributed by atoms with van der Waals surface area (Å²) in [4.78, 5) is 10.9. The summed E-state index contributed by atoms with van der Waals surface area (Å²) >= 11 is 0. The fraction of sp³-hybridized carbons (Fsp3) is 0.417. The molecule has 4 nitrogen and oxygen atoms in total. The van der Waals surface area contributed by atoms with Gasteiger partial charge >= 0.3 is 0 Å². The topological polar surface area (TPSA) is 67.2 Å². The Morgan fingerprint density at radius 3 is 2.75 bits per heavy atom. The SMILES string of the molecule is NC(=O)c1ccc(NCC2CCNC2)cc1. The molecule has 0 radical (unpaired) electrons. The van der Waals surface area contributed by atoms with Gasteiger partial charge in [-0.2, -0.15) is 0 Å². The van der Waals surface area contributed by atoms with Gasteiger partial charge in [0.2, 0.25) is 5.91 Å². The van der Waals surface area contributed by atoms with Crippen molar-refractivity contribution in [3.8, 4) is 0 Å². The lowest BCUT2D eigenvalue weighted by Crippen LogP contribution is -2.17. The third-order valence-corrected chi connectivity index (χ3v) is 2.93. The number of benzene rings is 1. The molecule has 0 spiro atoms. The summed E-state index contributed by atoms with van der Waals surface area (Å²) in [5, 5.41) is 6.69. The Hall–Kier alpha value is -1.55. The monoisotopic (exact) mass is 219 g/mol. The molecule has 1 amide bonds. The van der Waals surface area contributed by atoms with Crippen LogP contribution in [-0.2, 0) is 0 Å². The molecule has 1 atom stereocenters. The van der Waals surface area contributed by atoms with E-state index < -0.39 is 0 Å². The van der Waals surface area contributed by atoms with Crippen molar-refractivity contribution in [2.75, 3.05) is 25.0 Å². The number of nitrogens with one attached hydrogen (secondary N) is 2. The van der Waals surface area contributed by atoms with Crippen LogP contribution in [0.4, 0.5) is 5.69 Å². The van der Waals surface area contributed by atoms with Gasteiger partial charge in [0.1, 0.15) is 0 Å². The standard InChI is InChI=1S/C12H17N3O/c13-12(16)10-1-3-11(4-2-10)15-8-9-5-6-14-7-9/h1-4,9,14-15H,5-8H2,(H2,13,16). The number of amides is 1. The minimum atomic E-state index is -0.383. The zero-order valence-electron chi connectivity index (χ0n) is 9.20. The van der Waals surface area contributed by atoms with Crippen LogP contribution >= 0.6 is 0 Å². The van der Waals surface area contributed by atoms with Crippen molar-refractivity contribution < 1.29 is 4.79 Å². The average molecular weight is 219 g/mol. The normalized spacial score (nSPS) is 19.6. The van der Waals surface area contributed by atoms with E-state index in [-0.39, 0.29) is 5.91 Å². The molecule has 1 aromatic carbocycles. The van der Waals surface area contributed by atoms with Crippen LogP contribution in [0.25, 0.3) is 0 Å². The minimum absolute atomic E-state index is 0.383. The van der Waals surface area contributed by atoms with Crippen LogP contribution in [0.1, 0.15) is 16.8 Å². The molecular formula is C12H17N3O. The van der Waals surface area contributed by atoms with Crippen molar-refractivity contribution in [1.29, 1.82) is 0 Å². The highest BCUT2D eigenvalue weighted by Gasteiger charge is 2.13. The molecule has 2 rings (SSSR count). The maximum Gasteiger partial charge on any atom is 0.248 e. The first-order valence-electron chi connectivity index (χ1n) is 5.60. The van der Waals surface area contributed by atoms with E-state index in [2.05, 4.69) is 10.6 Å². The summed E-state index contributed by atoms with van der Waals surface area (Å²) in [6, 6.07) is 7.28. The Morgan fingerprint density at radius 2 is 2.19 bits per heavy atom. The van der Waals surface area contributed by atoms with E-state index >= 15 is 0 Å². The second-order valence-electron chi connectivity index (χ2n) is 4.18. The zero-order valence-corrected chi connectivity index (χ0v) is 9.20.